The second-order valence-corrected chi connectivity index (χ2v) is 3.06. The molecular formula is C4H5NO3S. The fraction of sp³-hybridized carbons (Fsp3) is 0.500. The van der Waals surface area contributed by atoms with Gasteiger partial charge in [-0.25, -0.2) is 4.79 Å². The first kappa shape index (κ1) is 6.57. The minimum Gasteiger partial charge on any atom is -0.609 e. The molecule has 0 bridgehead atoms. The highest BCUT2D eigenvalue weighted by Gasteiger charge is 2.31. The van der Waals surface area contributed by atoms with Gasteiger partial charge in [0.2, 0.25) is 0 Å². The fourth-order valence-electron chi connectivity index (χ4n) is 0.526. The van der Waals surface area contributed by atoms with E-state index in [9.17, 15) is 14.1 Å². The highest BCUT2D eigenvalue weighted by molar-refractivity contribution is 8.08. The first-order valence-electron chi connectivity index (χ1n) is 2.42. The number of hydrogen-bond acceptors (Lipinski definition) is 3. The molecule has 0 aromatic carbocycles. The summed E-state index contributed by atoms with van der Waals surface area (Å²) in [5.41, 5.74) is 0. The quantitative estimate of drug-likeness (QED) is 0.331. The maximum Gasteiger partial charge on any atom is 0.416 e. The van der Waals surface area contributed by atoms with Crippen molar-refractivity contribution in [3.63, 3.8) is 0 Å². The first-order chi connectivity index (χ1) is 4.22. The SMILES string of the molecule is O=C1NCC[S+]([O-])C1=O. The van der Waals surface area contributed by atoms with Gasteiger partial charge in [-0.2, -0.15) is 0 Å². The number of amides is 1. The minimum absolute atomic E-state index is 0.255. The van der Waals surface area contributed by atoms with Gasteiger partial charge in [-0.1, -0.05) is 0 Å². The molecule has 0 spiro atoms. The molecule has 0 saturated carbocycles. The van der Waals surface area contributed by atoms with E-state index in [2.05, 4.69) is 5.32 Å². The van der Waals surface area contributed by atoms with Gasteiger partial charge in [0, 0.05) is 11.2 Å². The zero-order valence-corrected chi connectivity index (χ0v) is 5.36. The minimum atomic E-state index is -1.57. The summed E-state index contributed by atoms with van der Waals surface area (Å²) in [5.74, 6) is -0.468. The molecule has 50 valence electrons. The third kappa shape index (κ3) is 1.22. The molecule has 0 aromatic heterocycles. The van der Waals surface area contributed by atoms with Crippen molar-refractivity contribution in [1.29, 1.82) is 0 Å². The van der Waals surface area contributed by atoms with Crippen LogP contribution in [0.5, 0.6) is 0 Å². The van der Waals surface area contributed by atoms with Gasteiger partial charge in [0.05, 0.1) is 6.54 Å². The van der Waals surface area contributed by atoms with Crippen molar-refractivity contribution in [2.24, 2.45) is 0 Å². The zero-order valence-electron chi connectivity index (χ0n) is 4.55. The van der Waals surface area contributed by atoms with E-state index < -0.39 is 22.2 Å². The van der Waals surface area contributed by atoms with E-state index in [1.165, 1.54) is 0 Å². The van der Waals surface area contributed by atoms with Crippen molar-refractivity contribution >= 4 is 22.2 Å². The molecule has 9 heavy (non-hydrogen) atoms. The van der Waals surface area contributed by atoms with Gasteiger partial charge in [-0.3, -0.25) is 4.79 Å². The van der Waals surface area contributed by atoms with Crippen LogP contribution in [0.1, 0.15) is 0 Å². The van der Waals surface area contributed by atoms with Gasteiger partial charge < -0.3 is 9.87 Å². The van der Waals surface area contributed by atoms with Crippen molar-refractivity contribution in [3.8, 4) is 0 Å². The molecule has 5 heteroatoms. The van der Waals surface area contributed by atoms with Gasteiger partial charge in [-0.15, -0.1) is 0 Å². The van der Waals surface area contributed by atoms with Gasteiger partial charge in [0.25, 0.3) is 0 Å². The average Bonchev–Trinajstić information content (AvgIpc) is 1.83. The average molecular weight is 147 g/mol. The third-order valence-electron chi connectivity index (χ3n) is 0.965. The van der Waals surface area contributed by atoms with Crippen LogP contribution < -0.4 is 5.32 Å². The Morgan fingerprint density at radius 2 is 2.22 bits per heavy atom. The molecule has 1 aliphatic rings. The van der Waals surface area contributed by atoms with Crippen molar-refractivity contribution < 1.29 is 14.1 Å². The van der Waals surface area contributed by atoms with Gasteiger partial charge in [0.1, 0.15) is 5.75 Å². The van der Waals surface area contributed by atoms with E-state index >= 15 is 0 Å². The molecule has 1 unspecified atom stereocenters. The summed E-state index contributed by atoms with van der Waals surface area (Å²) in [7, 11) is 0. The highest BCUT2D eigenvalue weighted by atomic mass is 32.2. The predicted molar refractivity (Wildman–Crippen MR) is 31.0 cm³/mol. The van der Waals surface area contributed by atoms with E-state index in [1.807, 2.05) is 0 Å². The summed E-state index contributed by atoms with van der Waals surface area (Å²) < 4.78 is 10.5. The van der Waals surface area contributed by atoms with Crippen molar-refractivity contribution in [1.82, 2.24) is 5.32 Å². The lowest BCUT2D eigenvalue weighted by Crippen LogP contribution is -2.45. The molecule has 4 nitrogen and oxygen atoms in total. The summed E-state index contributed by atoms with van der Waals surface area (Å²) in [4.78, 5) is 20.8. The molecule has 1 fully saturated rings. The first-order valence-corrected chi connectivity index (χ1v) is 3.74. The predicted octanol–water partition coefficient (Wildman–Crippen LogP) is -1.61. The van der Waals surface area contributed by atoms with Crippen molar-refractivity contribution in [2.75, 3.05) is 12.3 Å². The monoisotopic (exact) mass is 147 g/mol. The summed E-state index contributed by atoms with van der Waals surface area (Å²) in [5, 5.41) is 1.48. The number of carbonyl (C=O) groups excluding carboxylic acids is 2. The maximum atomic E-state index is 10.5. The summed E-state index contributed by atoms with van der Waals surface area (Å²) in [6.45, 7) is 0.344. The Hall–Kier alpha value is -0.550. The lowest BCUT2D eigenvalue weighted by atomic mass is 10.6. The van der Waals surface area contributed by atoms with Gasteiger partial charge in [0.15, 0.2) is 0 Å². The van der Waals surface area contributed by atoms with Crippen LogP contribution in [0.4, 0.5) is 0 Å². The Morgan fingerprint density at radius 3 is 2.67 bits per heavy atom. The zero-order chi connectivity index (χ0) is 6.85. The lowest BCUT2D eigenvalue weighted by Gasteiger charge is -2.12. The summed E-state index contributed by atoms with van der Waals surface area (Å²) >= 11 is -1.57. The van der Waals surface area contributed by atoms with E-state index in [0.29, 0.717) is 6.54 Å². The highest BCUT2D eigenvalue weighted by Crippen LogP contribution is 1.96. The van der Waals surface area contributed by atoms with Crippen LogP contribution in [-0.4, -0.2) is 27.9 Å². The summed E-state index contributed by atoms with van der Waals surface area (Å²) in [6.07, 6.45) is 0. The van der Waals surface area contributed by atoms with Crippen LogP contribution in [0.2, 0.25) is 0 Å². The smallest absolute Gasteiger partial charge is 0.416 e. The van der Waals surface area contributed by atoms with E-state index in [4.69, 9.17) is 0 Å². The molecule has 0 aliphatic carbocycles. The van der Waals surface area contributed by atoms with Crippen LogP contribution in [0.25, 0.3) is 0 Å². The lowest BCUT2D eigenvalue weighted by molar-refractivity contribution is -0.133. The van der Waals surface area contributed by atoms with Crippen LogP contribution in [0.15, 0.2) is 0 Å². The standard InChI is InChI=1S/C4H5NO3S/c6-3-4(7)9(8)2-1-5-3/h1-2H2,(H,5,6). The Labute approximate surface area is 54.8 Å². The Bertz CT molecular complexity index is 158. The third-order valence-corrected chi connectivity index (χ3v) is 2.14. The van der Waals surface area contributed by atoms with Gasteiger partial charge in [-0.05, 0) is 0 Å². The second-order valence-electron chi connectivity index (χ2n) is 1.59. The Balaban J connectivity index is 2.62. The van der Waals surface area contributed by atoms with Crippen molar-refractivity contribution in [2.45, 2.75) is 0 Å². The number of carbonyl (C=O) groups is 2. The molecule has 0 aromatic rings. The number of rotatable bonds is 0. The van der Waals surface area contributed by atoms with E-state index in [1.54, 1.807) is 0 Å². The molecule has 1 heterocycles. The van der Waals surface area contributed by atoms with E-state index in [-0.39, 0.29) is 5.75 Å². The van der Waals surface area contributed by atoms with Crippen LogP contribution >= 0.6 is 0 Å². The van der Waals surface area contributed by atoms with Crippen LogP contribution in [0.3, 0.4) is 0 Å². The fourth-order valence-corrected chi connectivity index (χ4v) is 1.28. The maximum absolute atomic E-state index is 10.5. The molecule has 0 radical (unpaired) electrons. The topological polar surface area (TPSA) is 69.2 Å². The summed E-state index contributed by atoms with van der Waals surface area (Å²) in [6, 6.07) is 0. The number of hydrogen-bond donors (Lipinski definition) is 1. The molecule has 1 amide bonds. The largest absolute Gasteiger partial charge is 0.609 e. The molecule has 1 rings (SSSR count). The van der Waals surface area contributed by atoms with E-state index in [0.717, 1.165) is 0 Å². The number of nitrogens with one attached hydrogen (secondary N) is 1. The normalized spacial score (nSPS) is 27.9. The molecule has 1 N–H and O–H groups in total. The Kier molecular flexibility index (Phi) is 1.73. The molecule has 1 saturated heterocycles. The second kappa shape index (κ2) is 2.36. The molecule has 1 atom stereocenters. The molecule has 1 aliphatic heterocycles. The van der Waals surface area contributed by atoms with Gasteiger partial charge >= 0.3 is 11.0 Å². The van der Waals surface area contributed by atoms with Crippen LogP contribution in [0, 0.1) is 0 Å². The molecular weight excluding hydrogens is 142 g/mol. The van der Waals surface area contributed by atoms with Crippen molar-refractivity contribution in [3.05, 3.63) is 0 Å². The Morgan fingerprint density at radius 1 is 1.56 bits per heavy atom. The van der Waals surface area contributed by atoms with Crippen LogP contribution in [-0.2, 0) is 20.8 Å².